The fourth-order valence-electron chi connectivity index (χ4n) is 2.38. The van der Waals surface area contributed by atoms with Crippen molar-refractivity contribution < 1.29 is 0 Å². The van der Waals surface area contributed by atoms with Crippen molar-refractivity contribution in [2.75, 3.05) is 0 Å². The van der Waals surface area contributed by atoms with Gasteiger partial charge in [0.05, 0.1) is 5.69 Å². The van der Waals surface area contributed by atoms with Gasteiger partial charge in [0.1, 0.15) is 0 Å². The number of aromatic amines is 1. The smallest absolute Gasteiger partial charge is 0.200 e. The molecule has 4 heteroatoms. The number of nitrogens with one attached hydrogen (secondary N) is 1. The van der Waals surface area contributed by atoms with E-state index in [4.69, 9.17) is 12.2 Å². The van der Waals surface area contributed by atoms with Crippen LogP contribution in [0.2, 0.25) is 0 Å². The van der Waals surface area contributed by atoms with Gasteiger partial charge >= 0.3 is 0 Å². The van der Waals surface area contributed by atoms with Crippen molar-refractivity contribution in [1.29, 1.82) is 0 Å². The Balaban J connectivity index is 2.24. The molecule has 106 valence electrons. The molecule has 3 rings (SSSR count). The molecule has 3 aromatic rings. The lowest BCUT2D eigenvalue weighted by atomic mass is 10.1. The number of rotatable bonds is 2. The molecule has 2 aromatic carbocycles. The lowest BCUT2D eigenvalue weighted by Gasteiger charge is -2.11. The molecule has 0 radical (unpaired) electrons. The highest BCUT2D eigenvalue weighted by molar-refractivity contribution is 7.71. The fourth-order valence-corrected chi connectivity index (χ4v) is 2.61. The molecule has 1 aromatic heterocycles. The van der Waals surface area contributed by atoms with Crippen LogP contribution in [-0.2, 0) is 0 Å². The lowest BCUT2D eigenvalue weighted by molar-refractivity contribution is 1.02. The summed E-state index contributed by atoms with van der Waals surface area (Å²) in [6, 6.07) is 14.7. The predicted molar refractivity (Wildman–Crippen MR) is 88.4 cm³/mol. The maximum absolute atomic E-state index is 5.43. The molecule has 1 heterocycles. The minimum atomic E-state index is 0.610. The Kier molecular flexibility index (Phi) is 3.47. The zero-order valence-corrected chi connectivity index (χ0v) is 13.2. The average Bonchev–Trinajstić information content (AvgIpc) is 2.84. The van der Waals surface area contributed by atoms with Crippen molar-refractivity contribution in [1.82, 2.24) is 14.8 Å². The van der Waals surface area contributed by atoms with Gasteiger partial charge < -0.3 is 0 Å². The fraction of sp³-hybridized carbons (Fsp3) is 0.176. The molecule has 0 spiro atoms. The standard InChI is InChI=1S/C17H17N3S/c1-11-5-8-14(9-6-11)16-18-19-17(21)20(16)15-10-12(2)4-7-13(15)3/h4-10H,1-3H3,(H,19,21). The van der Waals surface area contributed by atoms with Crippen molar-refractivity contribution in [2.24, 2.45) is 0 Å². The van der Waals surface area contributed by atoms with Crippen LogP contribution in [0.4, 0.5) is 0 Å². The van der Waals surface area contributed by atoms with Gasteiger partial charge in [-0.15, -0.1) is 0 Å². The lowest BCUT2D eigenvalue weighted by Crippen LogP contribution is -2.00. The normalized spacial score (nSPS) is 10.8. The topological polar surface area (TPSA) is 33.6 Å². The van der Waals surface area contributed by atoms with Crippen molar-refractivity contribution in [3.8, 4) is 17.1 Å². The van der Waals surface area contributed by atoms with Crippen LogP contribution < -0.4 is 0 Å². The van der Waals surface area contributed by atoms with Gasteiger partial charge in [0, 0.05) is 5.56 Å². The molecular formula is C17H17N3S. The van der Waals surface area contributed by atoms with Crippen molar-refractivity contribution in [2.45, 2.75) is 20.8 Å². The molecule has 0 aliphatic carbocycles. The maximum Gasteiger partial charge on any atom is 0.200 e. The van der Waals surface area contributed by atoms with E-state index in [1.807, 2.05) is 4.57 Å². The third-order valence-electron chi connectivity index (χ3n) is 3.59. The Bertz CT molecular complexity index is 841. The van der Waals surface area contributed by atoms with Crippen LogP contribution in [-0.4, -0.2) is 14.8 Å². The van der Waals surface area contributed by atoms with E-state index in [-0.39, 0.29) is 0 Å². The minimum Gasteiger partial charge on any atom is -0.268 e. The van der Waals surface area contributed by atoms with Crippen molar-refractivity contribution in [3.05, 3.63) is 63.9 Å². The van der Waals surface area contributed by atoms with Gasteiger partial charge in [0.15, 0.2) is 10.6 Å². The zero-order chi connectivity index (χ0) is 15.0. The van der Waals surface area contributed by atoms with Crippen LogP contribution >= 0.6 is 12.2 Å². The molecule has 0 fully saturated rings. The van der Waals surface area contributed by atoms with Gasteiger partial charge in [-0.25, -0.2) is 0 Å². The van der Waals surface area contributed by atoms with E-state index in [0.29, 0.717) is 4.77 Å². The summed E-state index contributed by atoms with van der Waals surface area (Å²) in [7, 11) is 0. The summed E-state index contributed by atoms with van der Waals surface area (Å²) in [5.41, 5.74) is 5.73. The summed E-state index contributed by atoms with van der Waals surface area (Å²) in [6.07, 6.45) is 0. The highest BCUT2D eigenvalue weighted by Gasteiger charge is 2.12. The van der Waals surface area contributed by atoms with Crippen LogP contribution in [0.5, 0.6) is 0 Å². The van der Waals surface area contributed by atoms with Crippen molar-refractivity contribution in [3.63, 3.8) is 0 Å². The quantitative estimate of drug-likeness (QED) is 0.705. The average molecular weight is 295 g/mol. The van der Waals surface area contributed by atoms with E-state index in [9.17, 15) is 0 Å². The summed E-state index contributed by atoms with van der Waals surface area (Å²) in [5, 5.41) is 7.32. The Morgan fingerprint density at radius 2 is 1.62 bits per heavy atom. The minimum absolute atomic E-state index is 0.610. The van der Waals surface area contributed by atoms with Gasteiger partial charge in [-0.2, -0.15) is 5.10 Å². The molecule has 21 heavy (non-hydrogen) atoms. The monoisotopic (exact) mass is 295 g/mol. The first-order chi connectivity index (χ1) is 10.1. The zero-order valence-electron chi connectivity index (χ0n) is 12.3. The van der Waals surface area contributed by atoms with E-state index in [1.165, 1.54) is 16.7 Å². The molecular weight excluding hydrogens is 278 g/mol. The van der Waals surface area contributed by atoms with Gasteiger partial charge in [-0.1, -0.05) is 42.0 Å². The van der Waals surface area contributed by atoms with E-state index < -0.39 is 0 Å². The molecule has 0 amide bonds. The summed E-state index contributed by atoms with van der Waals surface area (Å²) in [6.45, 7) is 6.24. The first-order valence-electron chi connectivity index (χ1n) is 6.88. The molecule has 0 unspecified atom stereocenters. The Labute approximate surface area is 129 Å². The largest absolute Gasteiger partial charge is 0.268 e. The molecule has 0 bridgehead atoms. The summed E-state index contributed by atoms with van der Waals surface area (Å²) in [4.78, 5) is 0. The van der Waals surface area contributed by atoms with Gasteiger partial charge in [-0.3, -0.25) is 9.67 Å². The molecule has 0 aliphatic heterocycles. The Morgan fingerprint density at radius 1 is 0.952 bits per heavy atom. The van der Waals surface area contributed by atoms with Crippen LogP contribution in [0.1, 0.15) is 16.7 Å². The number of benzene rings is 2. The van der Waals surface area contributed by atoms with Crippen LogP contribution in [0.25, 0.3) is 17.1 Å². The van der Waals surface area contributed by atoms with Crippen LogP contribution in [0, 0.1) is 25.5 Å². The highest BCUT2D eigenvalue weighted by atomic mass is 32.1. The molecule has 0 saturated heterocycles. The Morgan fingerprint density at radius 3 is 2.33 bits per heavy atom. The van der Waals surface area contributed by atoms with Gasteiger partial charge in [0.2, 0.25) is 0 Å². The summed E-state index contributed by atoms with van der Waals surface area (Å²) < 4.78 is 2.61. The van der Waals surface area contributed by atoms with Crippen molar-refractivity contribution >= 4 is 12.2 Å². The van der Waals surface area contributed by atoms with E-state index in [2.05, 4.69) is 73.4 Å². The van der Waals surface area contributed by atoms with Crippen LogP contribution in [0.15, 0.2) is 42.5 Å². The number of nitrogens with zero attached hydrogens (tertiary/aromatic N) is 2. The first kappa shape index (κ1) is 13.8. The predicted octanol–water partition coefficient (Wildman–Crippen LogP) is 4.52. The summed E-state index contributed by atoms with van der Waals surface area (Å²) in [5.74, 6) is 0.841. The second-order valence-electron chi connectivity index (χ2n) is 5.34. The molecule has 0 atom stereocenters. The highest BCUT2D eigenvalue weighted by Crippen LogP contribution is 2.24. The van der Waals surface area contributed by atoms with Gasteiger partial charge in [-0.05, 0) is 50.2 Å². The second kappa shape index (κ2) is 5.30. The van der Waals surface area contributed by atoms with E-state index in [1.54, 1.807) is 0 Å². The number of hydrogen-bond acceptors (Lipinski definition) is 2. The number of aryl methyl sites for hydroxylation is 3. The molecule has 0 aliphatic rings. The maximum atomic E-state index is 5.43. The third kappa shape index (κ3) is 2.54. The van der Waals surface area contributed by atoms with E-state index in [0.717, 1.165) is 17.1 Å². The SMILES string of the molecule is Cc1ccc(-c2n[nH]c(=S)n2-c2cc(C)ccc2C)cc1. The number of H-pyrrole nitrogens is 1. The Hall–Kier alpha value is -2.20. The third-order valence-corrected chi connectivity index (χ3v) is 3.86. The number of aromatic nitrogens is 3. The molecule has 3 nitrogen and oxygen atoms in total. The van der Waals surface area contributed by atoms with E-state index >= 15 is 0 Å². The molecule has 0 saturated carbocycles. The summed E-state index contributed by atoms with van der Waals surface area (Å²) >= 11 is 5.43. The molecule has 1 N–H and O–H groups in total. The second-order valence-corrected chi connectivity index (χ2v) is 5.73. The van der Waals surface area contributed by atoms with Crippen LogP contribution in [0.3, 0.4) is 0 Å². The number of hydrogen-bond donors (Lipinski definition) is 1. The van der Waals surface area contributed by atoms with Gasteiger partial charge in [0.25, 0.3) is 0 Å². The first-order valence-corrected chi connectivity index (χ1v) is 7.29.